The summed E-state index contributed by atoms with van der Waals surface area (Å²) in [5, 5.41) is 17.1. The number of carbonyl (C=O) groups excluding carboxylic acids is 2. The molecule has 3 aromatic heterocycles. The molecule has 11 nitrogen and oxygen atoms in total. The molecule has 32 heavy (non-hydrogen) atoms. The molecule has 1 aliphatic heterocycles. The number of nitrogens with zero attached hydrogens (tertiary/aromatic N) is 6. The van der Waals surface area contributed by atoms with Gasteiger partial charge in [0.1, 0.15) is 6.33 Å². The van der Waals surface area contributed by atoms with Crippen LogP contribution in [0.4, 0.5) is 11.5 Å². The number of carbonyl (C=O) groups is 2. The summed E-state index contributed by atoms with van der Waals surface area (Å²) < 4.78 is 1.69. The van der Waals surface area contributed by atoms with Gasteiger partial charge in [0.15, 0.2) is 11.5 Å². The molecular weight excluding hydrogens is 410 g/mol. The molecule has 1 aliphatic rings. The van der Waals surface area contributed by atoms with Gasteiger partial charge in [-0.15, -0.1) is 0 Å². The first kappa shape index (κ1) is 19.7. The Kier molecular flexibility index (Phi) is 4.98. The average Bonchev–Trinajstić information content (AvgIpc) is 3.55. The van der Waals surface area contributed by atoms with Crippen LogP contribution in [-0.4, -0.2) is 65.6 Å². The number of fused-ring (bicyclic) bond motifs is 1. The van der Waals surface area contributed by atoms with Gasteiger partial charge in [-0.1, -0.05) is 0 Å². The third-order valence-electron chi connectivity index (χ3n) is 5.38. The van der Waals surface area contributed by atoms with E-state index in [0.29, 0.717) is 30.1 Å². The van der Waals surface area contributed by atoms with Crippen LogP contribution < -0.4 is 10.6 Å². The van der Waals surface area contributed by atoms with Crippen molar-refractivity contribution in [2.24, 2.45) is 0 Å². The second kappa shape index (κ2) is 8.10. The summed E-state index contributed by atoms with van der Waals surface area (Å²) in [7, 11) is 0. The monoisotopic (exact) mass is 431 g/mol. The number of aromatic nitrogens is 6. The van der Waals surface area contributed by atoms with Gasteiger partial charge in [0, 0.05) is 49.1 Å². The number of amides is 2. The van der Waals surface area contributed by atoms with Crippen molar-refractivity contribution in [1.29, 1.82) is 0 Å². The molecular formula is C21H21N9O2. The van der Waals surface area contributed by atoms with E-state index in [0.717, 1.165) is 23.4 Å². The lowest BCUT2D eigenvalue weighted by atomic mass is 10.2. The molecule has 4 aromatic rings. The topological polar surface area (TPSA) is 133 Å². The minimum absolute atomic E-state index is 0.0130. The predicted octanol–water partition coefficient (Wildman–Crippen LogP) is 1.61. The van der Waals surface area contributed by atoms with Crippen molar-refractivity contribution in [3.8, 4) is 11.3 Å². The van der Waals surface area contributed by atoms with Crippen LogP contribution in [0.15, 0.2) is 49.2 Å². The summed E-state index contributed by atoms with van der Waals surface area (Å²) in [6.45, 7) is 2.64. The molecule has 0 radical (unpaired) electrons. The van der Waals surface area contributed by atoms with E-state index in [1.165, 1.54) is 13.3 Å². The summed E-state index contributed by atoms with van der Waals surface area (Å²) in [6.07, 6.45) is 7.39. The maximum Gasteiger partial charge on any atom is 0.253 e. The van der Waals surface area contributed by atoms with Crippen LogP contribution >= 0.6 is 0 Å². The van der Waals surface area contributed by atoms with E-state index in [-0.39, 0.29) is 17.9 Å². The van der Waals surface area contributed by atoms with Gasteiger partial charge >= 0.3 is 0 Å². The highest BCUT2D eigenvalue weighted by Crippen LogP contribution is 2.24. The van der Waals surface area contributed by atoms with Crippen LogP contribution in [0.3, 0.4) is 0 Å². The van der Waals surface area contributed by atoms with Gasteiger partial charge in [-0.05, 0) is 30.7 Å². The zero-order valence-corrected chi connectivity index (χ0v) is 17.3. The van der Waals surface area contributed by atoms with Crippen molar-refractivity contribution in [2.45, 2.75) is 19.4 Å². The Hall–Kier alpha value is -4.28. The van der Waals surface area contributed by atoms with Gasteiger partial charge in [-0.25, -0.2) is 14.5 Å². The number of hydrogen-bond donors (Lipinski definition) is 3. The first-order valence-corrected chi connectivity index (χ1v) is 10.2. The second-order valence-corrected chi connectivity index (χ2v) is 7.61. The molecule has 5 rings (SSSR count). The highest BCUT2D eigenvalue weighted by Gasteiger charge is 2.27. The van der Waals surface area contributed by atoms with Gasteiger partial charge < -0.3 is 15.5 Å². The number of likely N-dealkylation sites (tertiary alicyclic amines) is 1. The average molecular weight is 431 g/mol. The summed E-state index contributed by atoms with van der Waals surface area (Å²) in [4.78, 5) is 34.6. The molecule has 2 amide bonds. The summed E-state index contributed by atoms with van der Waals surface area (Å²) in [6, 6.07) is 7.22. The fourth-order valence-corrected chi connectivity index (χ4v) is 3.86. The Balaban J connectivity index is 1.31. The predicted molar refractivity (Wildman–Crippen MR) is 116 cm³/mol. The zero-order chi connectivity index (χ0) is 22.1. The molecule has 0 bridgehead atoms. The Morgan fingerprint density at radius 2 is 2.00 bits per heavy atom. The Morgan fingerprint density at radius 1 is 1.16 bits per heavy atom. The number of anilines is 2. The molecule has 1 fully saturated rings. The number of hydrogen-bond acceptors (Lipinski definition) is 7. The van der Waals surface area contributed by atoms with Crippen LogP contribution in [0, 0.1) is 0 Å². The largest absolute Gasteiger partial charge is 0.352 e. The van der Waals surface area contributed by atoms with Crippen molar-refractivity contribution < 1.29 is 9.59 Å². The van der Waals surface area contributed by atoms with Crippen LogP contribution in [0.1, 0.15) is 23.7 Å². The molecule has 3 N–H and O–H groups in total. The van der Waals surface area contributed by atoms with Gasteiger partial charge in [0.05, 0.1) is 18.1 Å². The van der Waals surface area contributed by atoms with Crippen molar-refractivity contribution in [3.05, 3.63) is 54.7 Å². The van der Waals surface area contributed by atoms with Crippen molar-refractivity contribution >= 4 is 29.0 Å². The summed E-state index contributed by atoms with van der Waals surface area (Å²) in [5.41, 5.74) is 3.55. The molecule has 162 valence electrons. The minimum Gasteiger partial charge on any atom is -0.352 e. The van der Waals surface area contributed by atoms with E-state index in [9.17, 15) is 9.59 Å². The molecule has 1 aromatic carbocycles. The van der Waals surface area contributed by atoms with E-state index in [4.69, 9.17) is 0 Å². The van der Waals surface area contributed by atoms with Crippen molar-refractivity contribution in [2.75, 3.05) is 18.4 Å². The third-order valence-corrected chi connectivity index (χ3v) is 5.38. The lowest BCUT2D eigenvalue weighted by Crippen LogP contribution is -2.37. The Labute approximate surface area is 182 Å². The Morgan fingerprint density at radius 3 is 2.75 bits per heavy atom. The van der Waals surface area contributed by atoms with Crippen LogP contribution in [0.2, 0.25) is 0 Å². The molecule has 1 unspecified atom stereocenters. The highest BCUT2D eigenvalue weighted by molar-refractivity contribution is 5.95. The smallest absolute Gasteiger partial charge is 0.253 e. The maximum absolute atomic E-state index is 12.8. The van der Waals surface area contributed by atoms with Gasteiger partial charge in [-0.2, -0.15) is 10.2 Å². The quantitative estimate of drug-likeness (QED) is 0.437. The van der Waals surface area contributed by atoms with Gasteiger partial charge in [-0.3, -0.25) is 14.7 Å². The van der Waals surface area contributed by atoms with E-state index in [1.807, 2.05) is 12.1 Å². The van der Waals surface area contributed by atoms with Crippen LogP contribution in [0.25, 0.3) is 16.9 Å². The second-order valence-electron chi connectivity index (χ2n) is 7.61. The molecule has 0 spiro atoms. The molecule has 1 atom stereocenters. The van der Waals surface area contributed by atoms with Crippen molar-refractivity contribution in [1.82, 2.24) is 40.0 Å². The fraction of sp³-hybridized carbons (Fsp3) is 0.238. The fourth-order valence-electron chi connectivity index (χ4n) is 3.86. The van der Waals surface area contributed by atoms with E-state index in [2.05, 4.69) is 35.9 Å². The van der Waals surface area contributed by atoms with Gasteiger partial charge in [0.25, 0.3) is 5.91 Å². The summed E-state index contributed by atoms with van der Waals surface area (Å²) >= 11 is 0. The van der Waals surface area contributed by atoms with E-state index < -0.39 is 0 Å². The van der Waals surface area contributed by atoms with E-state index in [1.54, 1.807) is 40.1 Å². The molecule has 4 heterocycles. The van der Waals surface area contributed by atoms with E-state index >= 15 is 0 Å². The van der Waals surface area contributed by atoms with Crippen molar-refractivity contribution in [3.63, 3.8) is 0 Å². The lowest BCUT2D eigenvalue weighted by molar-refractivity contribution is -0.119. The lowest BCUT2D eigenvalue weighted by Gasteiger charge is -2.17. The standard InChI is InChI=1S/C21H21N9O2/c1-13(31)27-17-6-7-29(11-17)21(32)14-2-4-16(5-3-14)28-19-20-23-12-26-30(20)18(10-22-19)15-8-24-25-9-15/h2-5,8-10,12,17H,6-7,11H2,1H3,(H,22,28)(H,24,25)(H,27,31). The Bertz CT molecular complexity index is 1260. The minimum atomic E-state index is -0.0760. The number of aromatic amines is 1. The number of nitrogens with one attached hydrogen (secondary N) is 3. The normalized spacial score (nSPS) is 15.8. The third kappa shape index (κ3) is 3.75. The molecule has 1 saturated heterocycles. The first-order chi connectivity index (χ1) is 15.6. The molecule has 0 saturated carbocycles. The molecule has 0 aliphatic carbocycles. The number of rotatable bonds is 5. The summed E-state index contributed by atoms with van der Waals surface area (Å²) in [5.74, 6) is 0.422. The number of H-pyrrole nitrogens is 1. The van der Waals surface area contributed by atoms with Gasteiger partial charge in [0.2, 0.25) is 5.91 Å². The maximum atomic E-state index is 12.8. The first-order valence-electron chi connectivity index (χ1n) is 10.2. The number of benzene rings is 1. The SMILES string of the molecule is CC(=O)NC1CCN(C(=O)c2ccc(Nc3ncc(-c4cn[nH]c4)n4ncnc34)cc2)C1. The molecule has 11 heteroatoms. The van der Waals surface area contributed by atoms with Crippen LogP contribution in [-0.2, 0) is 4.79 Å². The highest BCUT2D eigenvalue weighted by atomic mass is 16.2. The van der Waals surface area contributed by atoms with Crippen LogP contribution in [0.5, 0.6) is 0 Å². The zero-order valence-electron chi connectivity index (χ0n) is 17.3.